The van der Waals surface area contributed by atoms with Gasteiger partial charge in [-0.3, -0.25) is 14.9 Å². The maximum atomic E-state index is 13.1. The van der Waals surface area contributed by atoms with Gasteiger partial charge in [0.15, 0.2) is 11.5 Å². The summed E-state index contributed by atoms with van der Waals surface area (Å²) in [6.07, 6.45) is 1.42. The Labute approximate surface area is 222 Å². The molecular formula is C27H24FN5O4S. The number of methoxy groups -OCH3 is 1. The first kappa shape index (κ1) is 26.4. The standard InChI is InChI=1S/C27H24FN5O4S/c1-17-5-3-4-6-21(17)26(35)30-27-33-32-25(38-27)14-24(34)31-29-15-19-9-12-22(23(13-19)36-2)37-16-18-7-10-20(28)11-8-18/h3-13,15H,14,16H2,1-2H3,(H,31,34)(H,30,33,35)/b29-15-. The molecule has 0 saturated carbocycles. The summed E-state index contributed by atoms with van der Waals surface area (Å²) in [4.78, 5) is 24.7. The molecule has 9 nitrogen and oxygen atoms in total. The number of hydrazone groups is 1. The lowest BCUT2D eigenvalue weighted by atomic mass is 10.1. The number of amides is 2. The number of aromatic nitrogens is 2. The van der Waals surface area contributed by atoms with Crippen LogP contribution in [0, 0.1) is 12.7 Å². The maximum Gasteiger partial charge on any atom is 0.257 e. The minimum atomic E-state index is -0.389. The average Bonchev–Trinajstić information content (AvgIpc) is 3.35. The minimum Gasteiger partial charge on any atom is -0.493 e. The van der Waals surface area contributed by atoms with E-state index >= 15 is 0 Å². The number of benzene rings is 3. The number of carbonyl (C=O) groups excluding carboxylic acids is 2. The van der Waals surface area contributed by atoms with E-state index in [-0.39, 0.29) is 30.7 Å². The number of halogens is 1. The highest BCUT2D eigenvalue weighted by Gasteiger charge is 2.14. The molecule has 0 fully saturated rings. The van der Waals surface area contributed by atoms with Crippen LogP contribution in [0.2, 0.25) is 0 Å². The van der Waals surface area contributed by atoms with Gasteiger partial charge in [-0.05, 0) is 60.0 Å². The van der Waals surface area contributed by atoms with Gasteiger partial charge in [-0.1, -0.05) is 41.7 Å². The molecule has 0 aliphatic heterocycles. The van der Waals surface area contributed by atoms with Crippen molar-refractivity contribution in [1.82, 2.24) is 15.6 Å². The minimum absolute atomic E-state index is 0.0469. The van der Waals surface area contributed by atoms with Gasteiger partial charge in [0, 0.05) is 5.56 Å². The number of carbonyl (C=O) groups is 2. The zero-order valence-corrected chi connectivity index (χ0v) is 21.4. The molecule has 194 valence electrons. The van der Waals surface area contributed by atoms with Gasteiger partial charge < -0.3 is 9.47 Å². The summed E-state index contributed by atoms with van der Waals surface area (Å²) in [5.41, 5.74) is 5.32. The van der Waals surface area contributed by atoms with Crippen molar-refractivity contribution in [3.63, 3.8) is 0 Å². The second-order valence-electron chi connectivity index (χ2n) is 8.07. The molecule has 11 heteroatoms. The van der Waals surface area contributed by atoms with E-state index in [4.69, 9.17) is 9.47 Å². The molecule has 0 spiro atoms. The Morgan fingerprint density at radius 1 is 1.05 bits per heavy atom. The SMILES string of the molecule is COc1cc(/C=N\NC(=O)Cc2nnc(NC(=O)c3ccccc3C)s2)ccc1OCc1ccc(F)cc1. The van der Waals surface area contributed by atoms with E-state index in [9.17, 15) is 14.0 Å². The molecule has 0 unspecified atom stereocenters. The Balaban J connectivity index is 1.28. The molecule has 0 atom stereocenters. The first-order valence-corrected chi connectivity index (χ1v) is 12.3. The van der Waals surface area contributed by atoms with Crippen molar-refractivity contribution in [3.05, 3.63) is 99.8 Å². The highest BCUT2D eigenvalue weighted by Crippen LogP contribution is 2.28. The topological polar surface area (TPSA) is 115 Å². The molecule has 0 aliphatic rings. The van der Waals surface area contributed by atoms with Crippen molar-refractivity contribution in [3.8, 4) is 11.5 Å². The van der Waals surface area contributed by atoms with Crippen LogP contribution in [0.4, 0.5) is 9.52 Å². The quantitative estimate of drug-likeness (QED) is 0.229. The molecule has 0 radical (unpaired) electrons. The summed E-state index contributed by atoms with van der Waals surface area (Å²) in [5.74, 6) is 0.0104. The Morgan fingerprint density at radius 3 is 2.61 bits per heavy atom. The van der Waals surface area contributed by atoms with Crippen molar-refractivity contribution in [2.75, 3.05) is 12.4 Å². The summed E-state index contributed by atoms with van der Waals surface area (Å²) < 4.78 is 24.2. The fourth-order valence-electron chi connectivity index (χ4n) is 3.35. The van der Waals surface area contributed by atoms with Gasteiger partial charge >= 0.3 is 0 Å². The lowest BCUT2D eigenvalue weighted by Gasteiger charge is -2.11. The van der Waals surface area contributed by atoms with E-state index < -0.39 is 0 Å². The van der Waals surface area contributed by atoms with Crippen molar-refractivity contribution in [2.45, 2.75) is 20.0 Å². The third-order valence-corrected chi connectivity index (χ3v) is 6.13. The van der Waals surface area contributed by atoms with Gasteiger partial charge in [0.1, 0.15) is 17.4 Å². The highest BCUT2D eigenvalue weighted by atomic mass is 32.1. The lowest BCUT2D eigenvalue weighted by molar-refractivity contribution is -0.120. The van der Waals surface area contributed by atoms with Gasteiger partial charge in [-0.2, -0.15) is 5.10 Å². The van der Waals surface area contributed by atoms with Gasteiger partial charge in [0.05, 0.1) is 19.7 Å². The first-order chi connectivity index (χ1) is 18.4. The Kier molecular flexibility index (Phi) is 8.73. The fourth-order valence-corrected chi connectivity index (χ4v) is 4.08. The summed E-state index contributed by atoms with van der Waals surface area (Å²) in [7, 11) is 1.52. The molecule has 2 N–H and O–H groups in total. The van der Waals surface area contributed by atoms with Gasteiger partial charge in [-0.15, -0.1) is 10.2 Å². The lowest BCUT2D eigenvalue weighted by Crippen LogP contribution is -2.19. The van der Waals surface area contributed by atoms with E-state index in [1.54, 1.807) is 42.5 Å². The fraction of sp³-hybridized carbons (Fsp3) is 0.148. The van der Waals surface area contributed by atoms with Gasteiger partial charge in [-0.25, -0.2) is 9.82 Å². The molecular weight excluding hydrogens is 509 g/mol. The van der Waals surface area contributed by atoms with Crippen molar-refractivity contribution in [1.29, 1.82) is 0 Å². The Bertz CT molecular complexity index is 1460. The molecule has 4 aromatic rings. The van der Waals surface area contributed by atoms with Crippen LogP contribution < -0.4 is 20.2 Å². The van der Waals surface area contributed by atoms with Crippen molar-refractivity contribution < 1.29 is 23.5 Å². The largest absolute Gasteiger partial charge is 0.493 e. The molecule has 2 amide bonds. The summed E-state index contributed by atoms with van der Waals surface area (Å²) >= 11 is 1.11. The van der Waals surface area contributed by atoms with Crippen LogP contribution in [-0.4, -0.2) is 35.3 Å². The maximum absolute atomic E-state index is 13.1. The van der Waals surface area contributed by atoms with Gasteiger partial charge in [0.25, 0.3) is 5.91 Å². The molecule has 1 aromatic heterocycles. The monoisotopic (exact) mass is 533 g/mol. The third-order valence-electron chi connectivity index (χ3n) is 5.29. The Hall–Kier alpha value is -4.64. The molecule has 3 aromatic carbocycles. The number of ether oxygens (including phenoxy) is 2. The number of rotatable bonds is 10. The third kappa shape index (κ3) is 7.20. The molecule has 4 rings (SSSR count). The Morgan fingerprint density at radius 2 is 1.84 bits per heavy atom. The molecule has 0 saturated heterocycles. The zero-order chi connectivity index (χ0) is 26.9. The number of anilines is 1. The molecule has 0 aliphatic carbocycles. The number of aryl methyl sites for hydroxylation is 1. The normalized spacial score (nSPS) is 10.8. The number of hydrogen-bond donors (Lipinski definition) is 2. The summed E-state index contributed by atoms with van der Waals surface area (Å²) in [5, 5.41) is 15.3. The van der Waals surface area contributed by atoms with Crippen LogP contribution in [-0.2, 0) is 17.8 Å². The van der Waals surface area contributed by atoms with Crippen LogP contribution in [0.15, 0.2) is 71.8 Å². The van der Waals surface area contributed by atoms with Crippen LogP contribution in [0.1, 0.15) is 32.1 Å². The first-order valence-electron chi connectivity index (χ1n) is 11.5. The molecule has 38 heavy (non-hydrogen) atoms. The van der Waals surface area contributed by atoms with E-state index in [1.165, 1.54) is 25.5 Å². The number of hydrogen-bond acceptors (Lipinski definition) is 8. The van der Waals surface area contributed by atoms with Crippen LogP contribution in [0.5, 0.6) is 11.5 Å². The zero-order valence-electron chi connectivity index (χ0n) is 20.6. The number of nitrogens with zero attached hydrogens (tertiary/aromatic N) is 3. The van der Waals surface area contributed by atoms with E-state index in [1.807, 2.05) is 19.1 Å². The van der Waals surface area contributed by atoms with E-state index in [0.29, 0.717) is 32.8 Å². The predicted molar refractivity (Wildman–Crippen MR) is 142 cm³/mol. The predicted octanol–water partition coefficient (Wildman–Crippen LogP) is 4.52. The second kappa shape index (κ2) is 12.5. The smallest absolute Gasteiger partial charge is 0.257 e. The van der Waals surface area contributed by atoms with Gasteiger partial charge in [0.2, 0.25) is 11.0 Å². The second-order valence-corrected chi connectivity index (χ2v) is 9.13. The van der Waals surface area contributed by atoms with Crippen LogP contribution in [0.25, 0.3) is 0 Å². The summed E-state index contributed by atoms with van der Waals surface area (Å²) in [6, 6.07) is 18.4. The molecule has 1 heterocycles. The van der Waals surface area contributed by atoms with Crippen molar-refractivity contribution >= 4 is 34.5 Å². The summed E-state index contributed by atoms with van der Waals surface area (Å²) in [6.45, 7) is 2.10. The van der Waals surface area contributed by atoms with E-state index in [0.717, 1.165) is 22.5 Å². The van der Waals surface area contributed by atoms with Crippen LogP contribution >= 0.6 is 11.3 Å². The van der Waals surface area contributed by atoms with Crippen LogP contribution in [0.3, 0.4) is 0 Å². The highest BCUT2D eigenvalue weighted by molar-refractivity contribution is 7.15. The van der Waals surface area contributed by atoms with E-state index in [2.05, 4.69) is 26.0 Å². The number of nitrogens with one attached hydrogen (secondary N) is 2. The van der Waals surface area contributed by atoms with Crippen molar-refractivity contribution in [2.24, 2.45) is 5.10 Å². The molecule has 0 bridgehead atoms. The average molecular weight is 534 g/mol.